The van der Waals surface area contributed by atoms with Crippen LogP contribution in [0.3, 0.4) is 0 Å². The fourth-order valence-corrected chi connectivity index (χ4v) is 8.16. The zero-order valence-corrected chi connectivity index (χ0v) is 21.1. The van der Waals surface area contributed by atoms with Crippen LogP contribution >= 0.6 is 34.3 Å². The summed E-state index contributed by atoms with van der Waals surface area (Å²) in [6.07, 6.45) is 1.78. The van der Waals surface area contributed by atoms with Gasteiger partial charge in [0, 0.05) is 12.6 Å². The first kappa shape index (κ1) is 23.4. The maximum absolute atomic E-state index is 14.1. The van der Waals surface area contributed by atoms with Gasteiger partial charge in [-0.1, -0.05) is 35.4 Å². The van der Waals surface area contributed by atoms with Gasteiger partial charge in [-0.3, -0.25) is 4.79 Å². The van der Waals surface area contributed by atoms with Crippen molar-refractivity contribution in [1.82, 2.24) is 19.1 Å². The highest BCUT2D eigenvalue weighted by atomic mass is 35.5. The van der Waals surface area contributed by atoms with Gasteiger partial charge in [0.05, 0.1) is 14.7 Å². The van der Waals surface area contributed by atoms with Crippen molar-refractivity contribution >= 4 is 66.2 Å². The predicted molar refractivity (Wildman–Crippen MR) is 131 cm³/mol. The lowest BCUT2D eigenvalue weighted by molar-refractivity contribution is -0.120. The highest BCUT2D eigenvalue weighted by Gasteiger charge is 2.38. The van der Waals surface area contributed by atoms with E-state index in [0.717, 1.165) is 17.8 Å². The smallest absolute Gasteiger partial charge is 0.253 e. The number of anilines is 1. The fraction of sp³-hybridized carbons (Fsp3) is 0.286. The zero-order chi connectivity index (χ0) is 24.0. The largest absolute Gasteiger partial charge is 0.309 e. The third kappa shape index (κ3) is 4.24. The molecule has 4 heterocycles. The summed E-state index contributed by atoms with van der Waals surface area (Å²) < 4.78 is 44.4. The van der Waals surface area contributed by atoms with Crippen LogP contribution < -0.4 is 5.32 Å². The van der Waals surface area contributed by atoms with E-state index in [1.54, 1.807) is 25.1 Å². The van der Waals surface area contributed by atoms with Crippen LogP contribution in [0.15, 0.2) is 40.6 Å². The third-order valence-electron chi connectivity index (χ3n) is 5.49. The van der Waals surface area contributed by atoms with Crippen LogP contribution in [0.2, 0.25) is 4.34 Å². The molecule has 1 amide bonds. The zero-order valence-electron chi connectivity index (χ0n) is 17.9. The van der Waals surface area contributed by atoms with E-state index in [0.29, 0.717) is 38.5 Å². The molecule has 13 heteroatoms. The molecule has 1 aromatic carbocycles. The number of fused-ring (bicyclic) bond motifs is 1. The Hall–Kier alpha value is -2.38. The van der Waals surface area contributed by atoms with E-state index in [1.807, 2.05) is 0 Å². The number of nitrogens with zero attached hydrogens (tertiary/aromatic N) is 4. The van der Waals surface area contributed by atoms with Gasteiger partial charge in [0.1, 0.15) is 27.4 Å². The van der Waals surface area contributed by atoms with Gasteiger partial charge in [0.15, 0.2) is 0 Å². The lowest BCUT2D eigenvalue weighted by Gasteiger charge is -2.33. The number of hydrogen-bond acceptors (Lipinski definition) is 7. The standard InChI is InChI=1S/C21H19ClFN5O3S3/c1-12-11-17(28(26-12)21-25-19-13(23)5-4-7-15(19)32-21)24-20(29)14-6-2-3-10-27(14)34(30,31)18-9-8-16(22)33-18/h4-5,7-9,11,14H,2-3,6,10H2,1H3,(H,24,29). The molecule has 178 valence electrons. The second-order valence-corrected chi connectivity index (χ2v) is 12.7. The van der Waals surface area contributed by atoms with Crippen LogP contribution in [0.4, 0.5) is 10.2 Å². The molecule has 0 aliphatic carbocycles. The van der Waals surface area contributed by atoms with E-state index >= 15 is 0 Å². The van der Waals surface area contributed by atoms with Crippen molar-refractivity contribution in [2.45, 2.75) is 36.4 Å². The van der Waals surface area contributed by atoms with Crippen molar-refractivity contribution in [3.05, 3.63) is 52.2 Å². The lowest BCUT2D eigenvalue weighted by Crippen LogP contribution is -2.49. The number of nitrogens with one attached hydrogen (secondary N) is 1. The number of aromatic nitrogens is 3. The van der Waals surface area contributed by atoms with Crippen molar-refractivity contribution in [3.63, 3.8) is 0 Å². The second-order valence-electron chi connectivity index (χ2n) is 7.84. The number of rotatable bonds is 5. The van der Waals surface area contributed by atoms with E-state index in [2.05, 4.69) is 15.4 Å². The molecule has 0 saturated carbocycles. The number of halogens is 2. The number of benzene rings is 1. The van der Waals surface area contributed by atoms with Crippen LogP contribution in [0, 0.1) is 12.7 Å². The van der Waals surface area contributed by atoms with Gasteiger partial charge in [-0.05, 0) is 44.0 Å². The second kappa shape index (κ2) is 9.00. The van der Waals surface area contributed by atoms with Crippen LogP contribution in [0.5, 0.6) is 0 Å². The molecule has 1 N–H and O–H groups in total. The summed E-state index contributed by atoms with van der Waals surface area (Å²) in [6.45, 7) is 2.00. The first-order valence-corrected chi connectivity index (χ1v) is 13.9. The first-order valence-electron chi connectivity index (χ1n) is 10.4. The fourth-order valence-electron chi connectivity index (χ4n) is 3.94. The number of thiophene rings is 1. The molecule has 8 nitrogen and oxygen atoms in total. The molecule has 1 unspecified atom stereocenters. The third-order valence-corrected chi connectivity index (χ3v) is 10.1. The van der Waals surface area contributed by atoms with E-state index in [9.17, 15) is 17.6 Å². The van der Waals surface area contributed by atoms with Crippen LogP contribution in [-0.4, -0.2) is 46.0 Å². The first-order chi connectivity index (χ1) is 16.2. The summed E-state index contributed by atoms with van der Waals surface area (Å²) >= 11 is 8.15. The van der Waals surface area contributed by atoms with Gasteiger partial charge >= 0.3 is 0 Å². The summed E-state index contributed by atoms with van der Waals surface area (Å²) in [5.74, 6) is -0.561. The molecule has 1 atom stereocenters. The van der Waals surface area contributed by atoms with Gasteiger partial charge in [-0.15, -0.1) is 11.3 Å². The molecule has 1 saturated heterocycles. The SMILES string of the molecule is Cc1cc(NC(=O)C2CCCCN2S(=O)(=O)c2ccc(Cl)s2)n(-c2nc3c(F)cccc3s2)n1. The number of sulfonamides is 1. The molecule has 3 aromatic heterocycles. The van der Waals surface area contributed by atoms with Crippen LogP contribution in [0.1, 0.15) is 25.0 Å². The van der Waals surface area contributed by atoms with E-state index in [-0.39, 0.29) is 16.3 Å². The summed E-state index contributed by atoms with van der Waals surface area (Å²) in [6, 6.07) is 8.47. The van der Waals surface area contributed by atoms with Gasteiger partial charge in [0.25, 0.3) is 10.0 Å². The molecule has 1 fully saturated rings. The number of hydrogen-bond donors (Lipinski definition) is 1. The molecule has 1 aliphatic heterocycles. The molecule has 5 rings (SSSR count). The maximum atomic E-state index is 14.1. The minimum atomic E-state index is -3.87. The number of para-hydroxylation sites is 1. The average Bonchev–Trinajstić information content (AvgIpc) is 3.52. The van der Waals surface area contributed by atoms with Crippen molar-refractivity contribution in [3.8, 4) is 5.13 Å². The number of aryl methyl sites for hydroxylation is 1. The Morgan fingerprint density at radius 2 is 2.06 bits per heavy atom. The highest BCUT2D eigenvalue weighted by molar-refractivity contribution is 7.91. The Bertz CT molecular complexity index is 1500. The van der Waals surface area contributed by atoms with Gasteiger partial charge in [-0.25, -0.2) is 17.8 Å². The number of carbonyl (C=O) groups is 1. The van der Waals surface area contributed by atoms with Crippen molar-refractivity contribution in [2.24, 2.45) is 0 Å². The molecule has 0 spiro atoms. The minimum Gasteiger partial charge on any atom is -0.309 e. The molecule has 0 radical (unpaired) electrons. The molecular weight excluding hydrogens is 521 g/mol. The number of piperidine rings is 1. The molecule has 4 aromatic rings. The van der Waals surface area contributed by atoms with Crippen LogP contribution in [-0.2, 0) is 14.8 Å². The lowest BCUT2D eigenvalue weighted by atomic mass is 10.0. The Balaban J connectivity index is 1.45. The van der Waals surface area contributed by atoms with E-state index in [4.69, 9.17) is 11.6 Å². The predicted octanol–water partition coefficient (Wildman–Crippen LogP) is 4.83. The molecular formula is C21H19ClFN5O3S3. The number of amides is 1. The Labute approximate surface area is 208 Å². The van der Waals surface area contributed by atoms with Gasteiger partial charge < -0.3 is 5.32 Å². The minimum absolute atomic E-state index is 0.106. The van der Waals surface area contributed by atoms with E-state index in [1.165, 1.54) is 38.5 Å². The number of thiazole rings is 1. The molecule has 0 bridgehead atoms. The maximum Gasteiger partial charge on any atom is 0.253 e. The van der Waals surface area contributed by atoms with Crippen molar-refractivity contribution in [2.75, 3.05) is 11.9 Å². The normalized spacial score (nSPS) is 17.3. The highest BCUT2D eigenvalue weighted by Crippen LogP contribution is 2.33. The Morgan fingerprint density at radius 3 is 2.79 bits per heavy atom. The van der Waals surface area contributed by atoms with Gasteiger partial charge in [0.2, 0.25) is 11.0 Å². The topological polar surface area (TPSA) is 97.2 Å². The van der Waals surface area contributed by atoms with Crippen molar-refractivity contribution < 1.29 is 17.6 Å². The molecule has 34 heavy (non-hydrogen) atoms. The molecule has 1 aliphatic rings. The van der Waals surface area contributed by atoms with Crippen molar-refractivity contribution in [1.29, 1.82) is 0 Å². The number of carbonyl (C=O) groups excluding carboxylic acids is 1. The summed E-state index contributed by atoms with van der Waals surface area (Å²) in [4.78, 5) is 17.7. The summed E-state index contributed by atoms with van der Waals surface area (Å²) in [5.41, 5.74) is 0.850. The van der Waals surface area contributed by atoms with Gasteiger partial charge in [-0.2, -0.15) is 14.1 Å². The summed E-state index contributed by atoms with van der Waals surface area (Å²) in [5, 5.41) is 7.62. The summed E-state index contributed by atoms with van der Waals surface area (Å²) in [7, 11) is -3.87. The van der Waals surface area contributed by atoms with E-state index < -0.39 is 27.8 Å². The monoisotopic (exact) mass is 539 g/mol. The quantitative estimate of drug-likeness (QED) is 0.392. The average molecular weight is 540 g/mol. The van der Waals surface area contributed by atoms with Crippen LogP contribution in [0.25, 0.3) is 15.3 Å². The Morgan fingerprint density at radius 1 is 1.24 bits per heavy atom. The Kier molecular flexibility index (Phi) is 6.19.